The minimum absolute atomic E-state index is 0.552. The van der Waals surface area contributed by atoms with E-state index in [0.29, 0.717) is 11.5 Å². The molecule has 2 saturated carbocycles. The Kier molecular flexibility index (Phi) is 1.72. The van der Waals surface area contributed by atoms with Crippen LogP contribution in [0.3, 0.4) is 0 Å². The van der Waals surface area contributed by atoms with E-state index in [2.05, 4.69) is 12.4 Å². The van der Waals surface area contributed by atoms with Crippen molar-refractivity contribution in [3.63, 3.8) is 0 Å². The van der Waals surface area contributed by atoms with Crippen molar-refractivity contribution >= 4 is 0 Å². The summed E-state index contributed by atoms with van der Waals surface area (Å²) in [5.74, 6) is 0.836. The Morgan fingerprint density at radius 1 is 1.31 bits per heavy atom. The molecule has 3 aliphatic rings. The van der Waals surface area contributed by atoms with Crippen LogP contribution in [0.25, 0.3) is 0 Å². The molecule has 1 saturated heterocycles. The zero-order chi connectivity index (χ0) is 8.89. The van der Waals surface area contributed by atoms with Crippen LogP contribution >= 0.6 is 0 Å². The number of hydrogen-bond acceptors (Lipinski definition) is 2. The second-order valence-corrected chi connectivity index (χ2v) is 4.95. The van der Waals surface area contributed by atoms with Crippen LogP contribution in [0, 0.1) is 11.3 Å². The Hall–Kier alpha value is -0.0800. The fourth-order valence-electron chi connectivity index (χ4n) is 4.15. The summed E-state index contributed by atoms with van der Waals surface area (Å²) < 4.78 is 5.88. The van der Waals surface area contributed by atoms with Crippen LogP contribution in [-0.2, 0) is 4.74 Å². The number of rotatable bonds is 1. The van der Waals surface area contributed by atoms with Gasteiger partial charge in [-0.25, -0.2) is 0 Å². The number of nitrogens with one attached hydrogen (secondary N) is 1. The van der Waals surface area contributed by atoms with Gasteiger partial charge in [0.1, 0.15) is 0 Å². The summed E-state index contributed by atoms with van der Waals surface area (Å²) in [6.45, 7) is 1.01. The molecule has 0 aromatic rings. The normalized spacial score (nSPS) is 46.4. The van der Waals surface area contributed by atoms with E-state index in [1.54, 1.807) is 0 Å². The highest BCUT2D eigenvalue weighted by molar-refractivity contribution is 5.16. The standard InChI is InChI=1S/C11H19NO/c1-12-9-8-4-7-13-10(8)11(9)5-2-3-6-11/h8-10,12H,2-7H2,1H3. The SMILES string of the molecule is CNC1C2CCOC2C12CCCC2. The Balaban J connectivity index is 1.85. The van der Waals surface area contributed by atoms with Crippen molar-refractivity contribution in [2.24, 2.45) is 11.3 Å². The van der Waals surface area contributed by atoms with Gasteiger partial charge in [0.15, 0.2) is 0 Å². The summed E-state index contributed by atoms with van der Waals surface area (Å²) >= 11 is 0. The average Bonchev–Trinajstić information content (AvgIpc) is 2.69. The van der Waals surface area contributed by atoms with Gasteiger partial charge in [0, 0.05) is 24.0 Å². The van der Waals surface area contributed by atoms with Gasteiger partial charge in [-0.1, -0.05) is 12.8 Å². The molecule has 3 unspecified atom stereocenters. The van der Waals surface area contributed by atoms with Crippen molar-refractivity contribution in [1.29, 1.82) is 0 Å². The molecule has 2 heteroatoms. The Morgan fingerprint density at radius 3 is 2.77 bits per heavy atom. The zero-order valence-corrected chi connectivity index (χ0v) is 8.38. The van der Waals surface area contributed by atoms with Crippen molar-refractivity contribution in [2.75, 3.05) is 13.7 Å². The van der Waals surface area contributed by atoms with E-state index in [4.69, 9.17) is 4.74 Å². The summed E-state index contributed by atoms with van der Waals surface area (Å²) in [7, 11) is 2.12. The molecule has 2 nitrogen and oxygen atoms in total. The van der Waals surface area contributed by atoms with Gasteiger partial charge < -0.3 is 10.1 Å². The third-order valence-electron chi connectivity index (χ3n) is 4.60. The topological polar surface area (TPSA) is 21.3 Å². The molecule has 3 atom stereocenters. The van der Waals surface area contributed by atoms with Gasteiger partial charge in [0.25, 0.3) is 0 Å². The lowest BCUT2D eigenvalue weighted by Gasteiger charge is -2.56. The van der Waals surface area contributed by atoms with E-state index in [9.17, 15) is 0 Å². The van der Waals surface area contributed by atoms with E-state index in [-0.39, 0.29) is 0 Å². The molecule has 1 N–H and O–H groups in total. The predicted molar refractivity (Wildman–Crippen MR) is 51.6 cm³/mol. The van der Waals surface area contributed by atoms with Crippen molar-refractivity contribution in [1.82, 2.24) is 5.32 Å². The van der Waals surface area contributed by atoms with Crippen molar-refractivity contribution in [3.8, 4) is 0 Å². The maximum atomic E-state index is 5.88. The van der Waals surface area contributed by atoms with E-state index in [0.717, 1.165) is 18.6 Å². The monoisotopic (exact) mass is 181 g/mol. The molecule has 13 heavy (non-hydrogen) atoms. The highest BCUT2D eigenvalue weighted by atomic mass is 16.5. The van der Waals surface area contributed by atoms with Crippen molar-refractivity contribution in [2.45, 2.75) is 44.2 Å². The molecule has 2 aliphatic carbocycles. The molecule has 3 rings (SSSR count). The van der Waals surface area contributed by atoms with E-state index >= 15 is 0 Å². The van der Waals surface area contributed by atoms with Gasteiger partial charge in [0.05, 0.1) is 6.10 Å². The van der Waals surface area contributed by atoms with Crippen LogP contribution in [0.1, 0.15) is 32.1 Å². The molecule has 0 aromatic carbocycles. The minimum atomic E-state index is 0.552. The van der Waals surface area contributed by atoms with Crippen molar-refractivity contribution < 1.29 is 4.74 Å². The van der Waals surface area contributed by atoms with Gasteiger partial charge in [-0.05, 0) is 26.3 Å². The molecule has 74 valence electrons. The van der Waals surface area contributed by atoms with E-state index in [1.807, 2.05) is 0 Å². The highest BCUT2D eigenvalue weighted by Gasteiger charge is 2.64. The molecular formula is C11H19NO. The van der Waals surface area contributed by atoms with Crippen LogP contribution in [0.4, 0.5) is 0 Å². The fraction of sp³-hybridized carbons (Fsp3) is 1.00. The Bertz CT molecular complexity index is 210. The third-order valence-corrected chi connectivity index (χ3v) is 4.60. The van der Waals surface area contributed by atoms with Gasteiger partial charge >= 0.3 is 0 Å². The Morgan fingerprint density at radius 2 is 2.08 bits per heavy atom. The molecular weight excluding hydrogens is 162 g/mol. The minimum Gasteiger partial charge on any atom is -0.377 e. The van der Waals surface area contributed by atoms with Crippen LogP contribution in [0.5, 0.6) is 0 Å². The van der Waals surface area contributed by atoms with Crippen molar-refractivity contribution in [3.05, 3.63) is 0 Å². The summed E-state index contributed by atoms with van der Waals surface area (Å²) in [6.07, 6.45) is 7.56. The third kappa shape index (κ3) is 0.861. The molecule has 1 spiro atoms. The summed E-state index contributed by atoms with van der Waals surface area (Å²) in [5.41, 5.74) is 0.552. The maximum absolute atomic E-state index is 5.88. The smallest absolute Gasteiger partial charge is 0.0690 e. The van der Waals surface area contributed by atoms with Gasteiger partial charge in [-0.3, -0.25) is 0 Å². The van der Waals surface area contributed by atoms with Crippen LogP contribution in [0.2, 0.25) is 0 Å². The largest absolute Gasteiger partial charge is 0.377 e. The first-order valence-electron chi connectivity index (χ1n) is 5.67. The molecule has 1 aliphatic heterocycles. The van der Waals surface area contributed by atoms with Gasteiger partial charge in [-0.15, -0.1) is 0 Å². The second kappa shape index (κ2) is 2.71. The van der Waals surface area contributed by atoms with Gasteiger partial charge in [-0.2, -0.15) is 0 Å². The number of hydrogen-bond donors (Lipinski definition) is 1. The van der Waals surface area contributed by atoms with E-state index < -0.39 is 0 Å². The highest BCUT2D eigenvalue weighted by Crippen LogP contribution is 2.60. The molecule has 0 bridgehead atoms. The zero-order valence-electron chi connectivity index (χ0n) is 8.38. The lowest BCUT2D eigenvalue weighted by atomic mass is 9.54. The summed E-state index contributed by atoms with van der Waals surface area (Å²) in [6, 6.07) is 0.766. The number of fused-ring (bicyclic) bond motifs is 2. The van der Waals surface area contributed by atoms with Gasteiger partial charge in [0.2, 0.25) is 0 Å². The Labute approximate surface area is 80.0 Å². The lowest BCUT2D eigenvalue weighted by molar-refractivity contribution is -0.128. The second-order valence-electron chi connectivity index (χ2n) is 4.95. The first-order valence-corrected chi connectivity index (χ1v) is 5.67. The fourth-order valence-corrected chi connectivity index (χ4v) is 4.15. The molecule has 0 aromatic heterocycles. The van der Waals surface area contributed by atoms with E-state index in [1.165, 1.54) is 32.1 Å². The average molecular weight is 181 g/mol. The quantitative estimate of drug-likeness (QED) is 0.662. The molecule has 3 fully saturated rings. The van der Waals surface area contributed by atoms with Crippen LogP contribution < -0.4 is 5.32 Å². The lowest BCUT2D eigenvalue weighted by Crippen LogP contribution is -2.66. The molecule has 0 radical (unpaired) electrons. The van der Waals surface area contributed by atoms with Crippen LogP contribution in [-0.4, -0.2) is 25.8 Å². The van der Waals surface area contributed by atoms with Crippen LogP contribution in [0.15, 0.2) is 0 Å². The number of ether oxygens (including phenoxy) is 1. The first kappa shape index (κ1) is 8.25. The predicted octanol–water partition coefficient (Wildman–Crippen LogP) is 1.55. The summed E-state index contributed by atoms with van der Waals surface area (Å²) in [5, 5.41) is 3.53. The first-order chi connectivity index (χ1) is 6.38. The maximum Gasteiger partial charge on any atom is 0.0690 e. The molecule has 0 amide bonds. The summed E-state index contributed by atoms with van der Waals surface area (Å²) in [4.78, 5) is 0. The molecule has 1 heterocycles.